The van der Waals surface area contributed by atoms with Crippen molar-refractivity contribution in [2.45, 2.75) is 25.3 Å². The highest BCUT2D eigenvalue weighted by Gasteiger charge is 2.09. The molecule has 25 heavy (non-hydrogen) atoms. The van der Waals surface area contributed by atoms with E-state index >= 15 is 0 Å². The molecule has 0 fully saturated rings. The van der Waals surface area contributed by atoms with Gasteiger partial charge in [-0.1, -0.05) is 30.3 Å². The van der Waals surface area contributed by atoms with Crippen LogP contribution in [-0.4, -0.2) is 16.6 Å². The maximum Gasteiger partial charge on any atom is 0.225 e. The molecule has 128 valence electrons. The molecule has 1 amide bonds. The number of para-hydroxylation sites is 2. The highest BCUT2D eigenvalue weighted by Crippen LogP contribution is 2.26. The standard InChI is InChI=1S/C20H19FN2OS/c1-13-6-5-7-15-14(2)12-19(23-20(13)15)25-11-10-18(24)22-17-9-4-3-8-16(17)21/h3-9,12H,10-11H2,1-2H3,(H,22,24). The first-order valence-corrected chi connectivity index (χ1v) is 9.07. The Balaban J connectivity index is 1.62. The molecule has 0 aliphatic carbocycles. The number of nitrogens with one attached hydrogen (secondary N) is 1. The topological polar surface area (TPSA) is 42.0 Å². The van der Waals surface area contributed by atoms with Crippen molar-refractivity contribution in [3.05, 3.63) is 65.5 Å². The average molecular weight is 354 g/mol. The SMILES string of the molecule is Cc1cc(SCCC(=O)Nc2ccccc2F)nc2c(C)cccc12. The number of carbonyl (C=O) groups is 1. The predicted octanol–water partition coefficient (Wildman–Crippen LogP) is 5.11. The molecule has 3 nitrogen and oxygen atoms in total. The van der Waals surface area contributed by atoms with Crippen molar-refractivity contribution in [3.63, 3.8) is 0 Å². The third kappa shape index (κ3) is 4.17. The molecular formula is C20H19FN2OS. The summed E-state index contributed by atoms with van der Waals surface area (Å²) in [5.74, 6) is -0.0403. The molecule has 2 aromatic carbocycles. The number of halogens is 1. The molecule has 0 saturated heterocycles. The van der Waals surface area contributed by atoms with E-state index in [-0.39, 0.29) is 11.6 Å². The van der Waals surface area contributed by atoms with E-state index in [4.69, 9.17) is 4.98 Å². The number of rotatable bonds is 5. The first-order chi connectivity index (χ1) is 12.0. The van der Waals surface area contributed by atoms with Crippen molar-refractivity contribution in [2.24, 2.45) is 0 Å². The summed E-state index contributed by atoms with van der Waals surface area (Å²) in [5.41, 5.74) is 3.53. The van der Waals surface area contributed by atoms with E-state index in [0.717, 1.165) is 21.5 Å². The van der Waals surface area contributed by atoms with Crippen LogP contribution in [0.3, 0.4) is 0 Å². The van der Waals surface area contributed by atoms with Crippen LogP contribution in [0.25, 0.3) is 10.9 Å². The lowest BCUT2D eigenvalue weighted by atomic mass is 10.1. The third-order valence-corrected chi connectivity index (χ3v) is 4.86. The Morgan fingerprint density at radius 3 is 2.72 bits per heavy atom. The van der Waals surface area contributed by atoms with Gasteiger partial charge < -0.3 is 5.32 Å². The smallest absolute Gasteiger partial charge is 0.225 e. The van der Waals surface area contributed by atoms with Gasteiger partial charge in [0.1, 0.15) is 5.82 Å². The van der Waals surface area contributed by atoms with Crippen LogP contribution in [-0.2, 0) is 4.79 Å². The number of anilines is 1. The highest BCUT2D eigenvalue weighted by molar-refractivity contribution is 7.99. The Morgan fingerprint density at radius 2 is 1.92 bits per heavy atom. The Bertz CT molecular complexity index is 927. The Labute approximate surface area is 150 Å². The number of benzene rings is 2. The molecule has 3 aromatic rings. The molecule has 0 atom stereocenters. The largest absolute Gasteiger partial charge is 0.324 e. The summed E-state index contributed by atoms with van der Waals surface area (Å²) in [7, 11) is 0. The molecule has 1 heterocycles. The molecule has 0 unspecified atom stereocenters. The summed E-state index contributed by atoms with van der Waals surface area (Å²) in [5, 5.41) is 4.65. The number of aryl methyl sites for hydroxylation is 2. The summed E-state index contributed by atoms with van der Waals surface area (Å²) < 4.78 is 13.5. The number of fused-ring (bicyclic) bond motifs is 1. The molecule has 0 aliphatic rings. The van der Waals surface area contributed by atoms with Crippen LogP contribution in [0, 0.1) is 19.7 Å². The number of carbonyl (C=O) groups excluding carboxylic acids is 1. The van der Waals surface area contributed by atoms with E-state index in [1.807, 2.05) is 25.1 Å². The maximum atomic E-state index is 13.5. The van der Waals surface area contributed by atoms with E-state index in [2.05, 4.69) is 18.3 Å². The first kappa shape index (κ1) is 17.4. The van der Waals surface area contributed by atoms with Gasteiger partial charge in [-0.05, 0) is 43.2 Å². The van der Waals surface area contributed by atoms with Gasteiger partial charge in [0.2, 0.25) is 5.91 Å². The highest BCUT2D eigenvalue weighted by atomic mass is 32.2. The molecule has 1 aromatic heterocycles. The second-order valence-corrected chi connectivity index (χ2v) is 6.99. The summed E-state index contributed by atoms with van der Waals surface area (Å²) in [4.78, 5) is 16.7. The van der Waals surface area contributed by atoms with Crippen LogP contribution in [0.15, 0.2) is 53.6 Å². The lowest BCUT2D eigenvalue weighted by Crippen LogP contribution is -2.13. The van der Waals surface area contributed by atoms with E-state index < -0.39 is 5.82 Å². The Morgan fingerprint density at radius 1 is 1.12 bits per heavy atom. The van der Waals surface area contributed by atoms with E-state index in [1.165, 1.54) is 23.4 Å². The minimum Gasteiger partial charge on any atom is -0.324 e. The van der Waals surface area contributed by atoms with Gasteiger partial charge in [0.05, 0.1) is 16.2 Å². The van der Waals surface area contributed by atoms with Gasteiger partial charge in [-0.15, -0.1) is 11.8 Å². The number of hydrogen-bond acceptors (Lipinski definition) is 3. The molecule has 0 radical (unpaired) electrons. The van der Waals surface area contributed by atoms with Crippen molar-refractivity contribution in [1.82, 2.24) is 4.98 Å². The van der Waals surface area contributed by atoms with Crippen molar-refractivity contribution < 1.29 is 9.18 Å². The second-order valence-electron chi connectivity index (χ2n) is 5.87. The van der Waals surface area contributed by atoms with Gasteiger partial charge in [-0.25, -0.2) is 9.37 Å². The number of nitrogens with zero attached hydrogens (tertiary/aromatic N) is 1. The van der Waals surface area contributed by atoms with Crippen molar-refractivity contribution in [2.75, 3.05) is 11.1 Å². The van der Waals surface area contributed by atoms with Gasteiger partial charge in [-0.2, -0.15) is 0 Å². The fourth-order valence-corrected chi connectivity index (χ4v) is 3.54. The summed E-state index contributed by atoms with van der Waals surface area (Å²) in [6.45, 7) is 4.11. The first-order valence-electron chi connectivity index (χ1n) is 8.09. The fourth-order valence-electron chi connectivity index (χ4n) is 2.63. The third-order valence-electron chi connectivity index (χ3n) is 3.95. The van der Waals surface area contributed by atoms with Crippen molar-refractivity contribution in [3.8, 4) is 0 Å². The Hall–Kier alpha value is -2.40. The average Bonchev–Trinajstić information content (AvgIpc) is 2.58. The van der Waals surface area contributed by atoms with Crippen LogP contribution >= 0.6 is 11.8 Å². The van der Waals surface area contributed by atoms with Crippen LogP contribution in [0.1, 0.15) is 17.5 Å². The number of amides is 1. The number of pyridine rings is 1. The predicted molar refractivity (Wildman–Crippen MR) is 102 cm³/mol. The summed E-state index contributed by atoms with van der Waals surface area (Å²) >= 11 is 1.54. The Kier molecular flexibility index (Phi) is 5.34. The molecular weight excluding hydrogens is 335 g/mol. The molecule has 0 bridgehead atoms. The van der Waals surface area contributed by atoms with Gasteiger partial charge in [-0.3, -0.25) is 4.79 Å². The summed E-state index contributed by atoms with van der Waals surface area (Å²) in [6.07, 6.45) is 0.297. The van der Waals surface area contributed by atoms with Gasteiger partial charge in [0.25, 0.3) is 0 Å². The van der Waals surface area contributed by atoms with Crippen LogP contribution in [0.2, 0.25) is 0 Å². The van der Waals surface area contributed by atoms with Crippen molar-refractivity contribution >= 4 is 34.3 Å². The zero-order valence-corrected chi connectivity index (χ0v) is 15.0. The molecule has 0 saturated carbocycles. The second kappa shape index (κ2) is 7.66. The molecule has 0 aliphatic heterocycles. The quantitative estimate of drug-likeness (QED) is 0.647. The number of thioether (sulfide) groups is 1. The molecule has 1 N–H and O–H groups in total. The van der Waals surface area contributed by atoms with Crippen LogP contribution < -0.4 is 5.32 Å². The molecule has 5 heteroatoms. The van der Waals surface area contributed by atoms with Gasteiger partial charge >= 0.3 is 0 Å². The molecule has 3 rings (SSSR count). The fraction of sp³-hybridized carbons (Fsp3) is 0.200. The lowest BCUT2D eigenvalue weighted by Gasteiger charge is -2.09. The van der Waals surface area contributed by atoms with Crippen LogP contribution in [0.5, 0.6) is 0 Å². The van der Waals surface area contributed by atoms with Gasteiger partial charge in [0, 0.05) is 17.6 Å². The summed E-state index contributed by atoms with van der Waals surface area (Å²) in [6, 6.07) is 14.4. The number of aromatic nitrogens is 1. The zero-order chi connectivity index (χ0) is 17.8. The van der Waals surface area contributed by atoms with E-state index in [9.17, 15) is 9.18 Å². The van der Waals surface area contributed by atoms with E-state index in [0.29, 0.717) is 12.2 Å². The minimum atomic E-state index is -0.425. The van der Waals surface area contributed by atoms with Gasteiger partial charge in [0.15, 0.2) is 0 Å². The monoisotopic (exact) mass is 354 g/mol. The maximum absolute atomic E-state index is 13.5. The molecule has 0 spiro atoms. The lowest BCUT2D eigenvalue weighted by molar-refractivity contribution is -0.115. The van der Waals surface area contributed by atoms with Crippen molar-refractivity contribution in [1.29, 1.82) is 0 Å². The zero-order valence-electron chi connectivity index (χ0n) is 14.2. The normalized spacial score (nSPS) is 10.8. The number of hydrogen-bond donors (Lipinski definition) is 1. The minimum absolute atomic E-state index is 0.203. The van der Waals surface area contributed by atoms with Crippen LogP contribution in [0.4, 0.5) is 10.1 Å². The van der Waals surface area contributed by atoms with E-state index in [1.54, 1.807) is 18.2 Å².